The summed E-state index contributed by atoms with van der Waals surface area (Å²) in [5, 5.41) is 4.39. The first-order valence-electron chi connectivity index (χ1n) is 6.52. The third-order valence-electron chi connectivity index (χ3n) is 3.19. The van der Waals surface area contributed by atoms with Crippen molar-refractivity contribution in [3.63, 3.8) is 0 Å². The molecular weight excluding hydrogens is 404 g/mol. The number of aliphatic imine (C=N–C) groups is 1. The molecule has 1 aromatic carbocycles. The van der Waals surface area contributed by atoms with Gasteiger partial charge in [0, 0.05) is 16.3 Å². The Morgan fingerprint density at radius 2 is 2.10 bits per heavy atom. The van der Waals surface area contributed by atoms with Crippen molar-refractivity contribution in [1.82, 2.24) is 0 Å². The predicted molar refractivity (Wildman–Crippen MR) is 95.2 cm³/mol. The number of benzene rings is 1. The van der Waals surface area contributed by atoms with Gasteiger partial charge in [0.1, 0.15) is 5.75 Å². The van der Waals surface area contributed by atoms with Crippen LogP contribution in [0.1, 0.15) is 20.3 Å². The molecule has 0 aromatic heterocycles. The number of methoxy groups -OCH3 is 1. The quantitative estimate of drug-likeness (QED) is 0.732. The molecule has 1 N–H and O–H groups in total. The lowest BCUT2D eigenvalue weighted by atomic mass is 10.0. The Labute approximate surface area is 141 Å². The van der Waals surface area contributed by atoms with Gasteiger partial charge in [0.2, 0.25) is 0 Å². The first-order valence-corrected chi connectivity index (χ1v) is 9.09. The van der Waals surface area contributed by atoms with E-state index in [0.29, 0.717) is 12.0 Å². The number of amidine groups is 1. The number of anilines is 1. The normalized spacial score (nSPS) is 18.9. The van der Waals surface area contributed by atoms with Gasteiger partial charge < -0.3 is 10.1 Å². The smallest absolute Gasteiger partial charge is 0.161 e. The molecule has 110 valence electrons. The minimum atomic E-state index is 0.412. The zero-order valence-electron chi connectivity index (χ0n) is 11.7. The summed E-state index contributed by atoms with van der Waals surface area (Å²) in [7, 11) is 1.67. The minimum absolute atomic E-state index is 0.412. The summed E-state index contributed by atoms with van der Waals surface area (Å²) in [5.41, 5.74) is 0.973. The van der Waals surface area contributed by atoms with Gasteiger partial charge in [-0.25, -0.2) is 0 Å². The molecule has 0 spiro atoms. The lowest BCUT2D eigenvalue weighted by molar-refractivity contribution is 0.412. The van der Waals surface area contributed by atoms with Crippen LogP contribution in [0.3, 0.4) is 0 Å². The van der Waals surface area contributed by atoms with E-state index >= 15 is 0 Å². The van der Waals surface area contributed by atoms with Crippen molar-refractivity contribution in [3.8, 4) is 5.75 Å². The number of nitrogens with one attached hydrogen (secondary N) is 1. The second-order valence-electron chi connectivity index (χ2n) is 4.97. The molecule has 0 bridgehead atoms. The Bertz CT molecular complexity index is 520. The zero-order valence-corrected chi connectivity index (χ0v) is 15.7. The molecule has 0 fully saturated rings. The van der Waals surface area contributed by atoms with Crippen LogP contribution in [-0.4, -0.2) is 24.1 Å². The predicted octanol–water partition coefficient (Wildman–Crippen LogP) is 5.15. The van der Waals surface area contributed by atoms with Gasteiger partial charge in [-0.3, -0.25) is 4.99 Å². The summed E-state index contributed by atoms with van der Waals surface area (Å²) < 4.78 is 7.25. The highest BCUT2D eigenvalue weighted by molar-refractivity contribution is 9.11. The summed E-state index contributed by atoms with van der Waals surface area (Å²) >= 11 is 8.82. The summed E-state index contributed by atoms with van der Waals surface area (Å²) in [4.78, 5) is 4.79. The zero-order chi connectivity index (χ0) is 14.7. The number of rotatable bonds is 3. The molecule has 0 radical (unpaired) electrons. The van der Waals surface area contributed by atoms with Gasteiger partial charge in [-0.15, -0.1) is 0 Å². The van der Waals surface area contributed by atoms with Crippen LogP contribution in [-0.2, 0) is 0 Å². The molecule has 6 heteroatoms. The average molecular weight is 422 g/mol. The molecule has 20 heavy (non-hydrogen) atoms. The van der Waals surface area contributed by atoms with Crippen molar-refractivity contribution >= 4 is 54.5 Å². The monoisotopic (exact) mass is 420 g/mol. The van der Waals surface area contributed by atoms with Crippen molar-refractivity contribution in [3.05, 3.63) is 21.1 Å². The maximum Gasteiger partial charge on any atom is 0.161 e. The fraction of sp³-hybridized carbons (Fsp3) is 0.500. The third-order valence-corrected chi connectivity index (χ3v) is 5.38. The van der Waals surface area contributed by atoms with Gasteiger partial charge in [0.05, 0.1) is 23.3 Å². The highest BCUT2D eigenvalue weighted by Crippen LogP contribution is 2.35. The van der Waals surface area contributed by atoms with Crippen LogP contribution in [0.5, 0.6) is 5.75 Å². The van der Waals surface area contributed by atoms with Crippen molar-refractivity contribution in [2.75, 3.05) is 18.2 Å². The summed E-state index contributed by atoms with van der Waals surface area (Å²) in [6.45, 7) is 4.45. The van der Waals surface area contributed by atoms with Crippen molar-refractivity contribution < 1.29 is 4.74 Å². The molecule has 3 nitrogen and oxygen atoms in total. The van der Waals surface area contributed by atoms with E-state index in [-0.39, 0.29) is 0 Å². The van der Waals surface area contributed by atoms with Crippen LogP contribution in [0.4, 0.5) is 5.69 Å². The molecule has 0 amide bonds. The van der Waals surface area contributed by atoms with Gasteiger partial charge in [-0.1, -0.05) is 25.6 Å². The molecule has 1 aromatic rings. The number of nitrogens with zero attached hydrogens (tertiary/aromatic N) is 1. The van der Waals surface area contributed by atoms with Crippen molar-refractivity contribution in [1.29, 1.82) is 0 Å². The van der Waals surface area contributed by atoms with Crippen LogP contribution in [0, 0.1) is 5.92 Å². The Morgan fingerprint density at radius 3 is 2.75 bits per heavy atom. The highest BCUT2D eigenvalue weighted by Gasteiger charge is 2.19. The Balaban J connectivity index is 2.21. The van der Waals surface area contributed by atoms with Gasteiger partial charge in [-0.2, -0.15) is 0 Å². The Kier molecular flexibility index (Phi) is 5.81. The van der Waals surface area contributed by atoms with E-state index in [4.69, 9.17) is 9.73 Å². The molecule has 1 atom stereocenters. The second-order valence-corrected chi connectivity index (χ2v) is 7.77. The number of hydrogen-bond donors (Lipinski definition) is 1. The highest BCUT2D eigenvalue weighted by atomic mass is 79.9. The first-order chi connectivity index (χ1) is 9.51. The van der Waals surface area contributed by atoms with Crippen molar-refractivity contribution in [2.45, 2.75) is 26.3 Å². The fourth-order valence-corrected chi connectivity index (χ4v) is 4.18. The van der Waals surface area contributed by atoms with Crippen LogP contribution in [0.15, 0.2) is 26.1 Å². The maximum atomic E-state index is 5.33. The molecule has 0 saturated heterocycles. The summed E-state index contributed by atoms with van der Waals surface area (Å²) in [6.07, 6.45) is 1.15. The van der Waals surface area contributed by atoms with Gasteiger partial charge in [0.15, 0.2) is 5.17 Å². The van der Waals surface area contributed by atoms with E-state index in [1.807, 2.05) is 12.1 Å². The number of thioether (sulfide) groups is 1. The number of hydrogen-bond acceptors (Lipinski definition) is 4. The molecule has 0 saturated carbocycles. The SMILES string of the molecule is COc1cc(NC2=NC(C(C)C)CCS2)c(Br)cc1Br. The van der Waals surface area contributed by atoms with E-state index in [2.05, 4.69) is 51.0 Å². The van der Waals surface area contributed by atoms with Crippen LogP contribution >= 0.6 is 43.6 Å². The van der Waals surface area contributed by atoms with E-state index < -0.39 is 0 Å². The fourth-order valence-electron chi connectivity index (χ4n) is 1.98. The van der Waals surface area contributed by atoms with E-state index in [9.17, 15) is 0 Å². The topological polar surface area (TPSA) is 33.6 Å². The molecular formula is C14H18Br2N2OS. The molecule has 2 rings (SSSR count). The summed E-state index contributed by atoms with van der Waals surface area (Å²) in [5.74, 6) is 2.49. The maximum absolute atomic E-state index is 5.33. The lowest BCUT2D eigenvalue weighted by Crippen LogP contribution is -2.24. The first kappa shape index (κ1) is 16.2. The standard InChI is InChI=1S/C14H18Br2N2OS/c1-8(2)11-4-5-20-14(17-11)18-12-7-13(19-3)10(16)6-9(12)15/h6-8,11H,4-5H2,1-3H3,(H,17,18). The van der Waals surface area contributed by atoms with Crippen molar-refractivity contribution in [2.24, 2.45) is 10.9 Å². The van der Waals surface area contributed by atoms with Crippen LogP contribution < -0.4 is 10.1 Å². The van der Waals surface area contributed by atoms with E-state index in [1.54, 1.807) is 18.9 Å². The van der Waals surface area contributed by atoms with Gasteiger partial charge in [0.25, 0.3) is 0 Å². The molecule has 1 aliphatic heterocycles. The van der Waals surface area contributed by atoms with E-state index in [1.165, 1.54) is 0 Å². The van der Waals surface area contributed by atoms with E-state index in [0.717, 1.165) is 37.7 Å². The molecule has 1 heterocycles. The lowest BCUT2D eigenvalue weighted by Gasteiger charge is -2.23. The number of halogens is 2. The molecule has 0 aliphatic carbocycles. The Morgan fingerprint density at radius 1 is 1.35 bits per heavy atom. The summed E-state index contributed by atoms with van der Waals surface area (Å²) in [6, 6.07) is 4.36. The Hall–Kier alpha value is -0.200. The average Bonchev–Trinajstić information content (AvgIpc) is 2.42. The second kappa shape index (κ2) is 7.18. The number of ether oxygens (including phenoxy) is 1. The minimum Gasteiger partial charge on any atom is -0.495 e. The molecule has 1 aliphatic rings. The van der Waals surface area contributed by atoms with Gasteiger partial charge in [-0.05, 0) is 50.3 Å². The van der Waals surface area contributed by atoms with Crippen LogP contribution in [0.2, 0.25) is 0 Å². The third kappa shape index (κ3) is 3.92. The van der Waals surface area contributed by atoms with Gasteiger partial charge >= 0.3 is 0 Å². The largest absolute Gasteiger partial charge is 0.495 e. The van der Waals surface area contributed by atoms with Crippen LogP contribution in [0.25, 0.3) is 0 Å². The molecule has 1 unspecified atom stereocenters.